The van der Waals surface area contributed by atoms with Crippen LogP contribution in [0.15, 0.2) is 43.1 Å². The molecule has 170 valence electrons. The summed E-state index contributed by atoms with van der Waals surface area (Å²) in [5.41, 5.74) is 0.380. The number of imidazole rings is 1. The SMILES string of the molecule is Cc1cn(-c2cc(OC3CC4(C3)O[C@@H]3CC[C@@H](c5cc(F)cc(F)c5)N3C4=O)ncn2)cn1. The van der Waals surface area contributed by atoms with Crippen molar-refractivity contribution in [2.45, 2.75) is 56.6 Å². The third kappa shape index (κ3) is 3.36. The number of hydrogen-bond acceptors (Lipinski definition) is 6. The smallest absolute Gasteiger partial charge is 0.257 e. The Balaban J connectivity index is 1.15. The molecule has 2 aliphatic heterocycles. The first-order valence-electron chi connectivity index (χ1n) is 10.9. The highest BCUT2D eigenvalue weighted by Crippen LogP contribution is 2.52. The average Bonchev–Trinajstić information content (AvgIpc) is 3.43. The number of benzene rings is 1. The second-order valence-electron chi connectivity index (χ2n) is 8.86. The van der Waals surface area contributed by atoms with E-state index in [4.69, 9.17) is 9.47 Å². The number of carbonyl (C=O) groups excluding carboxylic acids is 1. The molecule has 1 amide bonds. The predicted octanol–water partition coefficient (Wildman–Crippen LogP) is 3.25. The fourth-order valence-corrected chi connectivity index (χ4v) is 5.09. The highest BCUT2D eigenvalue weighted by Gasteiger charge is 2.63. The van der Waals surface area contributed by atoms with E-state index in [0.717, 1.165) is 11.8 Å². The van der Waals surface area contributed by atoms with E-state index >= 15 is 0 Å². The summed E-state index contributed by atoms with van der Waals surface area (Å²) >= 11 is 0. The van der Waals surface area contributed by atoms with Gasteiger partial charge in [-0.15, -0.1) is 0 Å². The van der Waals surface area contributed by atoms with E-state index in [9.17, 15) is 13.6 Å². The molecule has 2 atom stereocenters. The molecule has 1 spiro atoms. The van der Waals surface area contributed by atoms with E-state index in [0.29, 0.717) is 42.9 Å². The monoisotopic (exact) mass is 453 g/mol. The zero-order valence-corrected chi connectivity index (χ0v) is 17.8. The number of aryl methyl sites for hydroxylation is 1. The van der Waals surface area contributed by atoms with Crippen LogP contribution >= 0.6 is 0 Å². The molecule has 3 aliphatic rings. The van der Waals surface area contributed by atoms with Crippen LogP contribution in [0.2, 0.25) is 0 Å². The quantitative estimate of drug-likeness (QED) is 0.603. The van der Waals surface area contributed by atoms with Crippen LogP contribution in [0.4, 0.5) is 8.78 Å². The van der Waals surface area contributed by atoms with Crippen molar-refractivity contribution in [3.05, 3.63) is 66.0 Å². The van der Waals surface area contributed by atoms with Gasteiger partial charge in [0.2, 0.25) is 5.88 Å². The van der Waals surface area contributed by atoms with Gasteiger partial charge in [-0.1, -0.05) is 0 Å². The van der Waals surface area contributed by atoms with Crippen molar-refractivity contribution in [1.82, 2.24) is 24.4 Å². The molecular formula is C23H21F2N5O3. The van der Waals surface area contributed by atoms with E-state index in [1.807, 2.05) is 13.1 Å². The number of halogens is 2. The van der Waals surface area contributed by atoms with Crippen molar-refractivity contribution < 1.29 is 23.0 Å². The number of nitrogens with zero attached hydrogens (tertiary/aromatic N) is 5. The Labute approximate surface area is 188 Å². The normalized spacial score (nSPS) is 28.3. The summed E-state index contributed by atoms with van der Waals surface area (Å²) in [5, 5.41) is 0. The maximum atomic E-state index is 13.7. The molecule has 8 nitrogen and oxygen atoms in total. The standard InChI is InChI=1S/C23H21F2N5O3/c1-13-10-29(12-28-13)19-7-20(27-11-26-19)32-17-8-23(9-17)22(31)30-18(2-3-21(30)33-23)14-4-15(24)6-16(25)5-14/h4-7,10-12,17-18,21H,2-3,8-9H2,1H3/t17?,18-,21+,23?/m0/s1. The Hall–Kier alpha value is -3.40. The Bertz CT molecular complexity index is 1220. The summed E-state index contributed by atoms with van der Waals surface area (Å²) in [5.74, 6) is -0.401. The van der Waals surface area contributed by atoms with E-state index in [2.05, 4.69) is 15.0 Å². The van der Waals surface area contributed by atoms with E-state index < -0.39 is 23.3 Å². The minimum absolute atomic E-state index is 0.142. The molecule has 6 rings (SSSR count). The summed E-state index contributed by atoms with van der Waals surface area (Å²) < 4.78 is 41.4. The molecule has 0 unspecified atom stereocenters. The van der Waals surface area contributed by atoms with Gasteiger partial charge in [0.05, 0.1) is 11.7 Å². The molecule has 2 aromatic heterocycles. The average molecular weight is 453 g/mol. The molecule has 2 saturated heterocycles. The summed E-state index contributed by atoms with van der Waals surface area (Å²) in [6, 6.07) is 4.73. The first-order valence-corrected chi connectivity index (χ1v) is 10.9. The first kappa shape index (κ1) is 20.2. The van der Waals surface area contributed by atoms with Crippen LogP contribution < -0.4 is 4.74 Å². The molecule has 0 radical (unpaired) electrons. The van der Waals surface area contributed by atoms with Gasteiger partial charge in [-0.25, -0.2) is 23.7 Å². The van der Waals surface area contributed by atoms with Crippen LogP contribution in [-0.4, -0.2) is 48.3 Å². The lowest BCUT2D eigenvalue weighted by Gasteiger charge is -2.42. The van der Waals surface area contributed by atoms with Crippen molar-refractivity contribution in [3.63, 3.8) is 0 Å². The van der Waals surface area contributed by atoms with Gasteiger partial charge in [-0.05, 0) is 37.5 Å². The van der Waals surface area contributed by atoms with Crippen LogP contribution in [0.5, 0.6) is 5.88 Å². The van der Waals surface area contributed by atoms with Crippen LogP contribution in [0.3, 0.4) is 0 Å². The van der Waals surface area contributed by atoms with Gasteiger partial charge in [0.15, 0.2) is 5.60 Å². The minimum atomic E-state index is -0.947. The number of ether oxygens (including phenoxy) is 2. The Morgan fingerprint density at radius 1 is 1.09 bits per heavy atom. The summed E-state index contributed by atoms with van der Waals surface area (Å²) in [6.07, 6.45) is 6.34. The highest BCUT2D eigenvalue weighted by molar-refractivity contribution is 5.89. The maximum Gasteiger partial charge on any atom is 0.257 e. The second-order valence-corrected chi connectivity index (χ2v) is 8.86. The van der Waals surface area contributed by atoms with Crippen LogP contribution in [0.1, 0.15) is 43.0 Å². The molecule has 0 bridgehead atoms. The van der Waals surface area contributed by atoms with Crippen LogP contribution in [0, 0.1) is 18.6 Å². The lowest BCUT2D eigenvalue weighted by Crippen LogP contribution is -2.56. The number of carbonyl (C=O) groups is 1. The van der Waals surface area contributed by atoms with Gasteiger partial charge in [-0.2, -0.15) is 0 Å². The zero-order chi connectivity index (χ0) is 22.7. The molecule has 1 aromatic carbocycles. The Morgan fingerprint density at radius 2 is 1.88 bits per heavy atom. The second kappa shape index (κ2) is 7.31. The van der Waals surface area contributed by atoms with Gasteiger partial charge in [0.1, 0.15) is 42.4 Å². The molecule has 33 heavy (non-hydrogen) atoms. The minimum Gasteiger partial charge on any atom is -0.474 e. The molecule has 3 aromatic rings. The van der Waals surface area contributed by atoms with Gasteiger partial charge in [0.25, 0.3) is 5.91 Å². The van der Waals surface area contributed by atoms with Crippen LogP contribution in [-0.2, 0) is 9.53 Å². The Morgan fingerprint density at radius 3 is 2.61 bits per heavy atom. The van der Waals surface area contributed by atoms with Crippen molar-refractivity contribution in [3.8, 4) is 11.7 Å². The number of hydrogen-bond donors (Lipinski definition) is 0. The summed E-state index contributed by atoms with van der Waals surface area (Å²) in [7, 11) is 0. The third-order valence-corrected chi connectivity index (χ3v) is 6.59. The molecule has 1 saturated carbocycles. The number of amides is 1. The first-order chi connectivity index (χ1) is 15.9. The van der Waals surface area contributed by atoms with Gasteiger partial charge in [0, 0.05) is 31.2 Å². The predicted molar refractivity (Wildman–Crippen MR) is 110 cm³/mol. The molecular weight excluding hydrogens is 432 g/mol. The lowest BCUT2D eigenvalue weighted by molar-refractivity contribution is -0.162. The largest absolute Gasteiger partial charge is 0.474 e. The van der Waals surface area contributed by atoms with E-state index in [-0.39, 0.29) is 18.2 Å². The maximum absolute atomic E-state index is 13.7. The van der Waals surface area contributed by atoms with Gasteiger partial charge < -0.3 is 14.4 Å². The molecule has 4 heterocycles. The van der Waals surface area contributed by atoms with Crippen molar-refractivity contribution >= 4 is 5.91 Å². The third-order valence-electron chi connectivity index (χ3n) is 6.59. The van der Waals surface area contributed by atoms with E-state index in [1.165, 1.54) is 18.5 Å². The van der Waals surface area contributed by atoms with Crippen molar-refractivity contribution in [1.29, 1.82) is 0 Å². The zero-order valence-electron chi connectivity index (χ0n) is 17.8. The van der Waals surface area contributed by atoms with Crippen LogP contribution in [0.25, 0.3) is 5.82 Å². The summed E-state index contributed by atoms with van der Waals surface area (Å²) in [4.78, 5) is 27.6. The number of fused-ring (bicyclic) bond motifs is 1. The van der Waals surface area contributed by atoms with Crippen molar-refractivity contribution in [2.24, 2.45) is 0 Å². The molecule has 1 aliphatic carbocycles. The van der Waals surface area contributed by atoms with Crippen molar-refractivity contribution in [2.75, 3.05) is 0 Å². The summed E-state index contributed by atoms with van der Waals surface area (Å²) in [6.45, 7) is 1.89. The molecule has 10 heteroatoms. The van der Waals surface area contributed by atoms with E-state index in [1.54, 1.807) is 21.9 Å². The fourth-order valence-electron chi connectivity index (χ4n) is 5.09. The number of rotatable bonds is 4. The fraction of sp³-hybridized carbons (Fsp3) is 0.391. The topological polar surface area (TPSA) is 82.4 Å². The highest BCUT2D eigenvalue weighted by atomic mass is 19.1. The molecule has 3 fully saturated rings. The van der Waals surface area contributed by atoms with Gasteiger partial charge in [-0.3, -0.25) is 9.36 Å². The molecule has 0 N–H and O–H groups in total. The Kier molecular flexibility index (Phi) is 4.48. The van der Waals surface area contributed by atoms with Gasteiger partial charge >= 0.3 is 0 Å². The number of aromatic nitrogens is 4. The lowest BCUT2D eigenvalue weighted by atomic mass is 9.76.